The van der Waals surface area contributed by atoms with Gasteiger partial charge in [0.25, 0.3) is 0 Å². The van der Waals surface area contributed by atoms with Gasteiger partial charge in [-0.1, -0.05) is 20.3 Å². The summed E-state index contributed by atoms with van der Waals surface area (Å²) in [6, 6.07) is 0.603. The Bertz CT molecular complexity index is 362. The maximum Gasteiger partial charge on any atom is 0.140 e. The van der Waals surface area contributed by atoms with Crippen LogP contribution >= 0.6 is 0 Å². The maximum absolute atomic E-state index is 4.32. The third-order valence-electron chi connectivity index (χ3n) is 4.01. The lowest BCUT2D eigenvalue weighted by Gasteiger charge is -2.27. The molecule has 1 saturated heterocycles. The van der Waals surface area contributed by atoms with E-state index >= 15 is 0 Å². The standard InChI is InChI=1S/C13H25N5/c1-4-11(2)12-8-18(7-5-6-14-12)9-13-15-10-16-17(13)3/h10-12,14H,4-9H2,1-3H3. The highest BCUT2D eigenvalue weighted by Gasteiger charge is 2.22. The first-order chi connectivity index (χ1) is 8.70. The predicted octanol–water partition coefficient (Wildman–Crippen LogP) is 1.03. The molecule has 2 unspecified atom stereocenters. The van der Waals surface area contributed by atoms with Gasteiger partial charge in [-0.25, -0.2) is 4.98 Å². The third kappa shape index (κ3) is 3.29. The number of nitrogens with zero attached hydrogens (tertiary/aromatic N) is 4. The molecule has 0 radical (unpaired) electrons. The third-order valence-corrected chi connectivity index (χ3v) is 4.01. The summed E-state index contributed by atoms with van der Waals surface area (Å²) < 4.78 is 1.87. The Kier molecular flexibility index (Phi) is 4.72. The highest BCUT2D eigenvalue weighted by molar-refractivity contribution is 4.87. The largest absolute Gasteiger partial charge is 0.312 e. The van der Waals surface area contributed by atoms with Crippen LogP contribution in [0.5, 0.6) is 0 Å². The van der Waals surface area contributed by atoms with Crippen LogP contribution in [0, 0.1) is 5.92 Å². The van der Waals surface area contributed by atoms with Gasteiger partial charge in [-0.15, -0.1) is 0 Å². The van der Waals surface area contributed by atoms with Crippen LogP contribution in [0.1, 0.15) is 32.5 Å². The van der Waals surface area contributed by atoms with Crippen LogP contribution < -0.4 is 5.32 Å². The molecule has 2 heterocycles. The molecule has 102 valence electrons. The first-order valence-electron chi connectivity index (χ1n) is 6.99. The van der Waals surface area contributed by atoms with E-state index in [1.54, 1.807) is 6.33 Å². The summed E-state index contributed by atoms with van der Waals surface area (Å²) in [7, 11) is 1.96. The van der Waals surface area contributed by atoms with Crippen molar-refractivity contribution in [3.05, 3.63) is 12.2 Å². The maximum atomic E-state index is 4.32. The van der Waals surface area contributed by atoms with Gasteiger partial charge < -0.3 is 5.32 Å². The molecule has 1 aromatic rings. The second-order valence-corrected chi connectivity index (χ2v) is 5.33. The van der Waals surface area contributed by atoms with Gasteiger partial charge in [0.2, 0.25) is 0 Å². The highest BCUT2D eigenvalue weighted by Crippen LogP contribution is 2.13. The van der Waals surface area contributed by atoms with Crippen molar-refractivity contribution in [2.24, 2.45) is 13.0 Å². The number of aromatic nitrogens is 3. The summed E-state index contributed by atoms with van der Waals surface area (Å²) in [6.45, 7) is 8.90. The SMILES string of the molecule is CCC(C)C1CN(Cc2ncnn2C)CCCN1. The van der Waals surface area contributed by atoms with E-state index in [2.05, 4.69) is 34.1 Å². The monoisotopic (exact) mass is 251 g/mol. The van der Waals surface area contributed by atoms with Gasteiger partial charge in [-0.05, 0) is 25.4 Å². The molecule has 5 nitrogen and oxygen atoms in total. The summed E-state index contributed by atoms with van der Waals surface area (Å²) >= 11 is 0. The van der Waals surface area contributed by atoms with Crippen LogP contribution in [0.2, 0.25) is 0 Å². The normalized spacial score (nSPS) is 23.8. The Morgan fingerprint density at radius 3 is 3.06 bits per heavy atom. The van der Waals surface area contributed by atoms with E-state index in [1.807, 2.05) is 11.7 Å². The van der Waals surface area contributed by atoms with Crippen molar-refractivity contribution in [2.45, 2.75) is 39.3 Å². The summed E-state index contributed by atoms with van der Waals surface area (Å²) in [4.78, 5) is 6.82. The molecule has 0 bridgehead atoms. The number of hydrogen-bond donors (Lipinski definition) is 1. The topological polar surface area (TPSA) is 46.0 Å². The Labute approximate surface area is 110 Å². The summed E-state index contributed by atoms with van der Waals surface area (Å²) in [5, 5.41) is 7.81. The molecular formula is C13H25N5. The first-order valence-corrected chi connectivity index (χ1v) is 6.99. The summed E-state index contributed by atoms with van der Waals surface area (Å²) in [5.74, 6) is 1.78. The van der Waals surface area contributed by atoms with Crippen LogP contribution in [-0.4, -0.2) is 45.3 Å². The van der Waals surface area contributed by atoms with Crippen molar-refractivity contribution >= 4 is 0 Å². The molecule has 0 aliphatic carbocycles. The van der Waals surface area contributed by atoms with Gasteiger partial charge in [-0.3, -0.25) is 9.58 Å². The Hall–Kier alpha value is -0.940. The zero-order valence-electron chi connectivity index (χ0n) is 11.8. The van der Waals surface area contributed by atoms with Crippen molar-refractivity contribution in [1.29, 1.82) is 0 Å². The van der Waals surface area contributed by atoms with Gasteiger partial charge >= 0.3 is 0 Å². The molecule has 0 aromatic carbocycles. The fraction of sp³-hybridized carbons (Fsp3) is 0.846. The van der Waals surface area contributed by atoms with Crippen molar-refractivity contribution < 1.29 is 0 Å². The van der Waals surface area contributed by atoms with Gasteiger partial charge in [0.05, 0.1) is 6.54 Å². The van der Waals surface area contributed by atoms with E-state index in [9.17, 15) is 0 Å². The van der Waals surface area contributed by atoms with Crippen LogP contribution in [0.25, 0.3) is 0 Å². The lowest BCUT2D eigenvalue weighted by atomic mass is 9.99. The van der Waals surface area contributed by atoms with Crippen molar-refractivity contribution in [3.8, 4) is 0 Å². The average Bonchev–Trinajstić information content (AvgIpc) is 2.65. The molecule has 0 amide bonds. The molecule has 1 aliphatic rings. The molecular weight excluding hydrogens is 226 g/mol. The van der Waals surface area contributed by atoms with Crippen LogP contribution in [0.3, 0.4) is 0 Å². The quantitative estimate of drug-likeness (QED) is 0.868. The fourth-order valence-corrected chi connectivity index (χ4v) is 2.50. The number of rotatable bonds is 4. The fourth-order valence-electron chi connectivity index (χ4n) is 2.50. The second kappa shape index (κ2) is 6.29. The number of hydrogen-bond acceptors (Lipinski definition) is 4. The van der Waals surface area contributed by atoms with E-state index in [-0.39, 0.29) is 0 Å². The van der Waals surface area contributed by atoms with Crippen LogP contribution in [-0.2, 0) is 13.6 Å². The molecule has 0 spiro atoms. The molecule has 1 fully saturated rings. The lowest BCUT2D eigenvalue weighted by molar-refractivity contribution is 0.224. The average molecular weight is 251 g/mol. The molecule has 1 N–H and O–H groups in total. The molecule has 1 aromatic heterocycles. The Morgan fingerprint density at radius 2 is 2.39 bits per heavy atom. The van der Waals surface area contributed by atoms with Gasteiger partial charge in [-0.2, -0.15) is 5.10 Å². The zero-order chi connectivity index (χ0) is 13.0. The Balaban J connectivity index is 1.97. The predicted molar refractivity (Wildman–Crippen MR) is 72.1 cm³/mol. The van der Waals surface area contributed by atoms with E-state index in [0.717, 1.165) is 37.9 Å². The van der Waals surface area contributed by atoms with Crippen molar-refractivity contribution in [2.75, 3.05) is 19.6 Å². The van der Waals surface area contributed by atoms with Crippen LogP contribution in [0.15, 0.2) is 6.33 Å². The second-order valence-electron chi connectivity index (χ2n) is 5.33. The van der Waals surface area contributed by atoms with Gasteiger partial charge in [0.15, 0.2) is 0 Å². The highest BCUT2D eigenvalue weighted by atomic mass is 15.3. The zero-order valence-corrected chi connectivity index (χ0v) is 11.8. The lowest BCUT2D eigenvalue weighted by Crippen LogP contribution is -2.42. The van der Waals surface area contributed by atoms with Crippen molar-refractivity contribution in [3.63, 3.8) is 0 Å². The number of nitrogens with one attached hydrogen (secondary N) is 1. The molecule has 1 aliphatic heterocycles. The van der Waals surface area contributed by atoms with Gasteiger partial charge in [0, 0.05) is 19.6 Å². The summed E-state index contributed by atoms with van der Waals surface area (Å²) in [5.41, 5.74) is 0. The Morgan fingerprint density at radius 1 is 1.56 bits per heavy atom. The van der Waals surface area contributed by atoms with Gasteiger partial charge in [0.1, 0.15) is 12.2 Å². The molecule has 18 heavy (non-hydrogen) atoms. The smallest absolute Gasteiger partial charge is 0.140 e. The first kappa shape index (κ1) is 13.5. The van der Waals surface area contributed by atoms with E-state index < -0.39 is 0 Å². The summed E-state index contributed by atoms with van der Waals surface area (Å²) in [6.07, 6.45) is 4.08. The van der Waals surface area contributed by atoms with Crippen LogP contribution in [0.4, 0.5) is 0 Å². The minimum absolute atomic E-state index is 0.603. The molecule has 5 heteroatoms. The van der Waals surface area contributed by atoms with E-state index in [4.69, 9.17) is 0 Å². The molecule has 2 rings (SSSR count). The van der Waals surface area contributed by atoms with E-state index in [0.29, 0.717) is 6.04 Å². The van der Waals surface area contributed by atoms with Crippen molar-refractivity contribution in [1.82, 2.24) is 25.0 Å². The minimum atomic E-state index is 0.603. The molecule has 0 saturated carbocycles. The molecule has 2 atom stereocenters. The van der Waals surface area contributed by atoms with E-state index in [1.165, 1.54) is 12.8 Å². The number of aryl methyl sites for hydroxylation is 1. The minimum Gasteiger partial charge on any atom is -0.312 e.